The summed E-state index contributed by atoms with van der Waals surface area (Å²) in [5.74, 6) is 0.946. The SMILES string of the molecule is CC(C)(COC(=O)C(=O)OCC(C)(C)C(C1CCC2OC2(C)C1)C1CCC2OC2(C)C1)C(C1CCC2OC2(C)C1)C1CCC2OC2(C)C1. The van der Waals surface area contributed by atoms with E-state index in [1.807, 2.05) is 0 Å². The van der Waals surface area contributed by atoms with Crippen molar-refractivity contribution in [1.82, 2.24) is 0 Å². The van der Waals surface area contributed by atoms with Crippen LogP contribution in [-0.4, -0.2) is 72.0 Å². The molecule has 0 amide bonds. The molecule has 0 radical (unpaired) electrons. The van der Waals surface area contributed by atoms with Crippen LogP contribution < -0.4 is 0 Å². The lowest BCUT2D eigenvalue weighted by Gasteiger charge is -2.47. The van der Waals surface area contributed by atoms with Gasteiger partial charge in [0.1, 0.15) is 0 Å². The van der Waals surface area contributed by atoms with Gasteiger partial charge in [-0.1, -0.05) is 27.7 Å². The quantitative estimate of drug-likeness (QED) is 0.137. The van der Waals surface area contributed by atoms with Gasteiger partial charge in [-0.2, -0.15) is 0 Å². The molecule has 0 aromatic rings. The maximum Gasteiger partial charge on any atom is 0.417 e. The highest BCUT2D eigenvalue weighted by atomic mass is 16.6. The van der Waals surface area contributed by atoms with Crippen molar-refractivity contribution in [2.24, 2.45) is 46.3 Å². The second kappa shape index (κ2) is 11.1. The van der Waals surface area contributed by atoms with Gasteiger partial charge < -0.3 is 28.4 Å². The first-order valence-electron chi connectivity index (χ1n) is 19.5. The van der Waals surface area contributed by atoms with E-state index < -0.39 is 11.9 Å². The highest BCUT2D eigenvalue weighted by Crippen LogP contribution is 2.61. The normalized spacial score (nSPS) is 48.4. The zero-order valence-electron chi connectivity index (χ0n) is 30.9. The van der Waals surface area contributed by atoms with Gasteiger partial charge in [-0.3, -0.25) is 0 Å². The Kier molecular flexibility index (Phi) is 7.87. The summed E-state index contributed by atoms with van der Waals surface area (Å²) in [5.41, 5.74) is -0.636. The number of ether oxygens (including phenoxy) is 6. The van der Waals surface area contributed by atoms with Crippen molar-refractivity contribution in [3.8, 4) is 0 Å². The molecule has 8 fully saturated rings. The number of rotatable bonds is 10. The largest absolute Gasteiger partial charge is 0.457 e. The van der Waals surface area contributed by atoms with Crippen molar-refractivity contribution in [2.75, 3.05) is 13.2 Å². The lowest BCUT2D eigenvalue weighted by Crippen LogP contribution is -2.46. The average Bonchev–Trinajstić information content (AvgIpc) is 3.90. The fraction of sp³-hybridized carbons (Fsp3) is 0.950. The minimum atomic E-state index is -0.865. The third kappa shape index (κ3) is 6.08. The molecule has 0 N–H and O–H groups in total. The van der Waals surface area contributed by atoms with E-state index in [-0.39, 0.29) is 46.4 Å². The minimum absolute atomic E-state index is 0.00890. The Morgan fingerprint density at radius 3 is 1.00 bits per heavy atom. The molecule has 0 bridgehead atoms. The maximum atomic E-state index is 13.3. The monoisotopic (exact) mass is 670 g/mol. The Labute approximate surface area is 288 Å². The summed E-state index contributed by atoms with van der Waals surface area (Å²) in [6, 6.07) is 0. The first-order chi connectivity index (χ1) is 22.4. The van der Waals surface area contributed by atoms with Crippen LogP contribution in [-0.2, 0) is 38.0 Å². The molecule has 270 valence electrons. The molecular formula is C40H62O8. The van der Waals surface area contributed by atoms with Crippen LogP contribution in [0.5, 0.6) is 0 Å². The van der Waals surface area contributed by atoms with Crippen LogP contribution in [0.4, 0.5) is 0 Å². The molecule has 8 nitrogen and oxygen atoms in total. The number of fused-ring (bicyclic) bond motifs is 4. The summed E-state index contributed by atoms with van der Waals surface area (Å²) >= 11 is 0. The fourth-order valence-corrected chi connectivity index (χ4v) is 12.7. The smallest absolute Gasteiger partial charge is 0.417 e. The van der Waals surface area contributed by atoms with Gasteiger partial charge in [-0.25, -0.2) is 9.59 Å². The van der Waals surface area contributed by atoms with Crippen LogP contribution in [0.3, 0.4) is 0 Å². The van der Waals surface area contributed by atoms with Crippen molar-refractivity contribution in [1.29, 1.82) is 0 Å². The summed E-state index contributed by atoms with van der Waals surface area (Å²) in [4.78, 5) is 26.6. The van der Waals surface area contributed by atoms with E-state index in [2.05, 4.69) is 55.4 Å². The molecule has 8 heteroatoms. The molecule has 0 aromatic heterocycles. The predicted molar refractivity (Wildman–Crippen MR) is 179 cm³/mol. The molecule has 4 saturated heterocycles. The third-order valence-electron chi connectivity index (χ3n) is 15.2. The summed E-state index contributed by atoms with van der Waals surface area (Å²) in [6.45, 7) is 18.4. The van der Waals surface area contributed by atoms with Gasteiger partial charge in [0.05, 0.1) is 60.0 Å². The van der Waals surface area contributed by atoms with Crippen molar-refractivity contribution in [3.05, 3.63) is 0 Å². The Bertz CT molecular complexity index is 1150. The van der Waals surface area contributed by atoms with E-state index in [0.717, 1.165) is 77.0 Å². The zero-order chi connectivity index (χ0) is 34.1. The first-order valence-corrected chi connectivity index (χ1v) is 19.5. The van der Waals surface area contributed by atoms with Crippen LogP contribution in [0.1, 0.15) is 132 Å². The molecule has 0 spiro atoms. The fourth-order valence-electron chi connectivity index (χ4n) is 12.7. The van der Waals surface area contributed by atoms with Crippen molar-refractivity contribution < 1.29 is 38.0 Å². The van der Waals surface area contributed by atoms with Gasteiger partial charge >= 0.3 is 11.9 Å². The first kappa shape index (κ1) is 33.9. The molecule has 8 aliphatic rings. The number of epoxide rings is 4. The molecule has 12 atom stereocenters. The molecule has 12 unspecified atom stereocenters. The molecule has 4 aliphatic carbocycles. The second-order valence-electron chi connectivity index (χ2n) is 20.0. The molecule has 4 saturated carbocycles. The lowest BCUT2D eigenvalue weighted by atomic mass is 9.58. The summed E-state index contributed by atoms with van der Waals surface area (Å²) < 4.78 is 36.2. The molecule has 48 heavy (non-hydrogen) atoms. The molecular weight excluding hydrogens is 608 g/mol. The van der Waals surface area contributed by atoms with Crippen molar-refractivity contribution >= 4 is 11.9 Å². The van der Waals surface area contributed by atoms with Crippen LogP contribution >= 0.6 is 0 Å². The number of hydrogen-bond donors (Lipinski definition) is 0. The number of hydrogen-bond acceptors (Lipinski definition) is 8. The average molecular weight is 671 g/mol. The zero-order valence-corrected chi connectivity index (χ0v) is 30.9. The molecule has 0 aromatic carbocycles. The topological polar surface area (TPSA) is 103 Å². The summed E-state index contributed by atoms with van der Waals surface area (Å²) in [6.07, 6.45) is 14.7. The predicted octanol–water partition coefficient (Wildman–Crippen LogP) is 7.19. The van der Waals surface area contributed by atoms with E-state index in [1.54, 1.807) is 0 Å². The Morgan fingerprint density at radius 1 is 0.521 bits per heavy atom. The molecule has 4 heterocycles. The van der Waals surface area contributed by atoms with E-state index in [0.29, 0.717) is 59.9 Å². The number of carbonyl (C=O) groups is 2. The van der Waals surface area contributed by atoms with Crippen LogP contribution in [0.2, 0.25) is 0 Å². The van der Waals surface area contributed by atoms with Crippen LogP contribution in [0.25, 0.3) is 0 Å². The van der Waals surface area contributed by atoms with Gasteiger partial charge in [0.25, 0.3) is 0 Å². The van der Waals surface area contributed by atoms with E-state index in [1.165, 1.54) is 0 Å². The van der Waals surface area contributed by atoms with Crippen molar-refractivity contribution in [2.45, 2.75) is 179 Å². The van der Waals surface area contributed by atoms with Gasteiger partial charge in [0.15, 0.2) is 0 Å². The highest BCUT2D eigenvalue weighted by Gasteiger charge is 2.63. The Morgan fingerprint density at radius 2 is 0.771 bits per heavy atom. The summed E-state index contributed by atoms with van der Waals surface area (Å²) in [7, 11) is 0. The molecule has 4 aliphatic heterocycles. The number of esters is 2. The molecule has 8 rings (SSSR count). The second-order valence-corrected chi connectivity index (χ2v) is 20.0. The van der Waals surface area contributed by atoms with Gasteiger partial charge in [-0.15, -0.1) is 0 Å². The van der Waals surface area contributed by atoms with Crippen LogP contribution in [0.15, 0.2) is 0 Å². The third-order valence-corrected chi connectivity index (χ3v) is 15.2. The maximum absolute atomic E-state index is 13.3. The van der Waals surface area contributed by atoms with Crippen molar-refractivity contribution in [3.63, 3.8) is 0 Å². The minimum Gasteiger partial charge on any atom is -0.457 e. The summed E-state index contributed by atoms with van der Waals surface area (Å²) in [5, 5.41) is 0. The van der Waals surface area contributed by atoms with Gasteiger partial charge in [0, 0.05) is 10.8 Å². The van der Waals surface area contributed by atoms with Crippen LogP contribution in [0, 0.1) is 46.3 Å². The standard InChI is InChI=1S/C40H62O8/c1-35(2,31(23-9-13-27-37(5,17-23)45-27)24-10-14-28-38(6,18-24)46-28)21-43-33(41)34(42)44-22-36(3,4)32(25-11-15-29-39(7,19-25)47-29)26-12-16-30-40(8,20-26)48-30/h23-32H,9-22H2,1-8H3. The lowest BCUT2D eigenvalue weighted by molar-refractivity contribution is -0.174. The Hall–Kier alpha value is -1.22. The van der Waals surface area contributed by atoms with E-state index in [9.17, 15) is 9.59 Å². The Balaban J connectivity index is 0.910. The van der Waals surface area contributed by atoms with E-state index in [4.69, 9.17) is 28.4 Å². The van der Waals surface area contributed by atoms with Gasteiger partial charge in [0.2, 0.25) is 0 Å². The highest BCUT2D eigenvalue weighted by molar-refractivity contribution is 6.29. The number of carbonyl (C=O) groups excluding carboxylic acids is 2. The van der Waals surface area contributed by atoms with E-state index >= 15 is 0 Å². The van der Waals surface area contributed by atoms with Gasteiger partial charge in [-0.05, 0) is 140 Å².